The van der Waals surface area contributed by atoms with Crippen molar-refractivity contribution in [2.75, 3.05) is 0 Å². The number of benzene rings is 2. The predicted octanol–water partition coefficient (Wildman–Crippen LogP) is 5.60. The number of allylic oxidation sites excluding steroid dienone is 1. The zero-order valence-corrected chi connectivity index (χ0v) is 13.9. The van der Waals surface area contributed by atoms with Gasteiger partial charge in [-0.1, -0.05) is 55.8 Å². The van der Waals surface area contributed by atoms with E-state index >= 15 is 0 Å². The molecule has 0 saturated heterocycles. The van der Waals surface area contributed by atoms with Gasteiger partial charge in [-0.15, -0.1) is 0 Å². The molecule has 1 aliphatic rings. The van der Waals surface area contributed by atoms with Crippen LogP contribution in [0.2, 0.25) is 0 Å². The van der Waals surface area contributed by atoms with Gasteiger partial charge in [0.25, 0.3) is 0 Å². The Balaban J connectivity index is 2.37. The fourth-order valence-corrected chi connectivity index (χ4v) is 3.43. The third-order valence-electron chi connectivity index (χ3n) is 3.80. The fourth-order valence-electron chi connectivity index (χ4n) is 2.83. The molecule has 0 N–H and O–H groups in total. The molecule has 3 heteroatoms. The molecule has 0 fully saturated rings. The van der Waals surface area contributed by atoms with Crippen LogP contribution in [0.1, 0.15) is 41.5 Å². The molecule has 1 aliphatic heterocycles. The Morgan fingerprint density at radius 2 is 1.82 bits per heavy atom. The lowest BCUT2D eigenvalue weighted by atomic mass is 9.89. The molecule has 0 aromatic heterocycles. The molecule has 110 valence electrons. The van der Waals surface area contributed by atoms with Gasteiger partial charge in [-0.05, 0) is 34.0 Å². The average molecular weight is 354 g/mol. The first kappa shape index (κ1) is 14.9. The van der Waals surface area contributed by atoms with Crippen LogP contribution in [-0.2, 0) is 0 Å². The Bertz CT molecular complexity index is 773. The second kappa shape index (κ2) is 6.37. The summed E-state index contributed by atoms with van der Waals surface area (Å²) >= 11 is 3.62. The number of rotatable bonds is 2. The van der Waals surface area contributed by atoms with E-state index in [-0.39, 0.29) is 5.01 Å². The van der Waals surface area contributed by atoms with Gasteiger partial charge in [0.05, 0.1) is 6.07 Å². The van der Waals surface area contributed by atoms with Crippen molar-refractivity contribution in [3.05, 3.63) is 70.8 Å². The monoisotopic (exact) mass is 353 g/mol. The standard InChI is InChI=1S/C19H16BrNO/c1-2-7-13(12-21)18-14-8-3-4-9-15(14)19(20)22-17-11-6-5-10-16(17)18/h3-6,8-11,19H,2,7H2,1H3. The summed E-state index contributed by atoms with van der Waals surface area (Å²) in [6, 6.07) is 18.4. The first-order valence-corrected chi connectivity index (χ1v) is 8.30. The molecule has 2 aromatic carbocycles. The molecule has 1 heterocycles. The number of halogens is 1. The summed E-state index contributed by atoms with van der Waals surface area (Å²) in [5.74, 6) is 0.805. The van der Waals surface area contributed by atoms with Gasteiger partial charge >= 0.3 is 0 Å². The lowest BCUT2D eigenvalue weighted by Crippen LogP contribution is -1.99. The minimum atomic E-state index is -0.219. The summed E-state index contributed by atoms with van der Waals surface area (Å²) in [6.45, 7) is 2.09. The quantitative estimate of drug-likeness (QED) is 0.520. The number of para-hydroxylation sites is 1. The summed E-state index contributed by atoms with van der Waals surface area (Å²) in [5, 5.41) is 9.44. The lowest BCUT2D eigenvalue weighted by molar-refractivity contribution is 0.303. The number of ether oxygens (including phenoxy) is 1. The van der Waals surface area contributed by atoms with Crippen LogP contribution in [0.3, 0.4) is 0 Å². The fraction of sp³-hybridized carbons (Fsp3) is 0.211. The van der Waals surface area contributed by atoms with Crippen molar-refractivity contribution in [3.63, 3.8) is 0 Å². The van der Waals surface area contributed by atoms with Crippen LogP contribution in [0.5, 0.6) is 5.75 Å². The smallest absolute Gasteiger partial charge is 0.179 e. The Labute approximate surface area is 139 Å². The Morgan fingerprint density at radius 1 is 1.14 bits per heavy atom. The summed E-state index contributed by atoms with van der Waals surface area (Å²) in [7, 11) is 0. The summed E-state index contributed by atoms with van der Waals surface area (Å²) in [4.78, 5) is 0. The van der Waals surface area contributed by atoms with Gasteiger partial charge in [0.15, 0.2) is 5.01 Å². The van der Waals surface area contributed by atoms with Crippen molar-refractivity contribution in [2.45, 2.75) is 24.8 Å². The number of nitrogens with zero attached hydrogens (tertiary/aromatic N) is 1. The van der Waals surface area contributed by atoms with E-state index in [9.17, 15) is 5.26 Å². The average Bonchev–Trinajstić information content (AvgIpc) is 2.67. The van der Waals surface area contributed by atoms with Crippen molar-refractivity contribution < 1.29 is 4.74 Å². The van der Waals surface area contributed by atoms with Crippen molar-refractivity contribution in [3.8, 4) is 11.8 Å². The van der Waals surface area contributed by atoms with Crippen LogP contribution in [0, 0.1) is 11.3 Å². The van der Waals surface area contributed by atoms with Gasteiger partial charge in [0, 0.05) is 22.3 Å². The van der Waals surface area contributed by atoms with E-state index in [1.807, 2.05) is 42.5 Å². The van der Waals surface area contributed by atoms with Gasteiger partial charge in [0.2, 0.25) is 0 Å². The highest BCUT2D eigenvalue weighted by Crippen LogP contribution is 2.44. The van der Waals surface area contributed by atoms with Crippen LogP contribution in [0.4, 0.5) is 0 Å². The number of hydrogen-bond acceptors (Lipinski definition) is 2. The Hall–Kier alpha value is -2.05. The molecule has 3 rings (SSSR count). The zero-order chi connectivity index (χ0) is 15.5. The normalized spacial score (nSPS) is 18.3. The molecule has 0 aliphatic carbocycles. The molecule has 1 atom stereocenters. The molecule has 2 aromatic rings. The van der Waals surface area contributed by atoms with Gasteiger partial charge in [-0.2, -0.15) is 5.26 Å². The Kier molecular flexibility index (Phi) is 4.31. The van der Waals surface area contributed by atoms with Crippen molar-refractivity contribution >= 4 is 21.5 Å². The first-order chi connectivity index (χ1) is 10.8. The third-order valence-corrected chi connectivity index (χ3v) is 4.48. The topological polar surface area (TPSA) is 33.0 Å². The van der Waals surface area contributed by atoms with E-state index < -0.39 is 0 Å². The van der Waals surface area contributed by atoms with Crippen LogP contribution in [0.25, 0.3) is 5.57 Å². The van der Waals surface area contributed by atoms with E-state index in [0.717, 1.165) is 46.4 Å². The van der Waals surface area contributed by atoms with Crippen molar-refractivity contribution in [2.24, 2.45) is 0 Å². The number of alkyl halides is 1. The SMILES string of the molecule is CCCC(C#N)=C1c2ccccc2OC(Br)c2ccccc21. The largest absolute Gasteiger partial charge is 0.474 e. The number of hydrogen-bond donors (Lipinski definition) is 0. The number of nitriles is 1. The van der Waals surface area contributed by atoms with Crippen LogP contribution < -0.4 is 4.74 Å². The maximum Gasteiger partial charge on any atom is 0.179 e. The predicted molar refractivity (Wildman–Crippen MR) is 91.7 cm³/mol. The molecular weight excluding hydrogens is 338 g/mol. The van der Waals surface area contributed by atoms with Gasteiger partial charge in [-0.3, -0.25) is 0 Å². The number of fused-ring (bicyclic) bond motifs is 2. The molecular formula is C19H16BrNO. The van der Waals surface area contributed by atoms with Crippen LogP contribution in [-0.4, -0.2) is 0 Å². The molecule has 0 saturated carbocycles. The van der Waals surface area contributed by atoms with Crippen LogP contribution >= 0.6 is 15.9 Å². The highest BCUT2D eigenvalue weighted by Gasteiger charge is 2.26. The minimum Gasteiger partial charge on any atom is -0.474 e. The third kappa shape index (κ3) is 2.55. The first-order valence-electron chi connectivity index (χ1n) is 7.39. The van der Waals surface area contributed by atoms with Crippen molar-refractivity contribution in [1.29, 1.82) is 5.26 Å². The van der Waals surface area contributed by atoms with E-state index in [1.54, 1.807) is 0 Å². The van der Waals surface area contributed by atoms with E-state index in [2.05, 4.69) is 35.0 Å². The minimum absolute atomic E-state index is 0.219. The summed E-state index contributed by atoms with van der Waals surface area (Å²) < 4.78 is 6.06. The summed E-state index contributed by atoms with van der Waals surface area (Å²) in [5.41, 5.74) is 4.92. The maximum atomic E-state index is 9.66. The van der Waals surface area contributed by atoms with Gasteiger partial charge in [0.1, 0.15) is 5.75 Å². The second-order valence-electron chi connectivity index (χ2n) is 5.23. The molecule has 2 nitrogen and oxygen atoms in total. The van der Waals surface area contributed by atoms with Gasteiger partial charge < -0.3 is 4.74 Å². The summed E-state index contributed by atoms with van der Waals surface area (Å²) in [6.07, 6.45) is 1.71. The molecule has 0 amide bonds. The Morgan fingerprint density at radius 3 is 2.55 bits per heavy atom. The van der Waals surface area contributed by atoms with Crippen molar-refractivity contribution in [1.82, 2.24) is 0 Å². The van der Waals surface area contributed by atoms with Gasteiger partial charge in [-0.25, -0.2) is 0 Å². The van der Waals surface area contributed by atoms with E-state index in [1.165, 1.54) is 0 Å². The highest BCUT2D eigenvalue weighted by atomic mass is 79.9. The molecule has 0 radical (unpaired) electrons. The second-order valence-corrected chi connectivity index (χ2v) is 6.06. The molecule has 22 heavy (non-hydrogen) atoms. The molecule has 1 unspecified atom stereocenters. The lowest BCUT2D eigenvalue weighted by Gasteiger charge is -2.13. The van der Waals surface area contributed by atoms with E-state index in [4.69, 9.17) is 4.74 Å². The zero-order valence-electron chi connectivity index (χ0n) is 12.3. The maximum absolute atomic E-state index is 9.66. The molecule has 0 spiro atoms. The highest BCUT2D eigenvalue weighted by molar-refractivity contribution is 9.09. The van der Waals surface area contributed by atoms with E-state index in [0.29, 0.717) is 0 Å². The van der Waals surface area contributed by atoms with Crippen LogP contribution in [0.15, 0.2) is 54.1 Å². The molecule has 0 bridgehead atoms.